The lowest BCUT2D eigenvalue weighted by molar-refractivity contribution is -0.306. The van der Waals surface area contributed by atoms with E-state index < -0.39 is 149 Å². The molecule has 25 nitrogen and oxygen atoms in total. The summed E-state index contributed by atoms with van der Waals surface area (Å²) in [7, 11) is 1.33. The first-order chi connectivity index (χ1) is 36.0. The van der Waals surface area contributed by atoms with Crippen LogP contribution >= 0.6 is 0 Å². The van der Waals surface area contributed by atoms with Crippen molar-refractivity contribution in [3.05, 3.63) is 11.8 Å². The first-order valence-corrected chi connectivity index (χ1v) is 27.3. The van der Waals surface area contributed by atoms with Crippen LogP contribution in [-0.4, -0.2) is 208 Å². The molecule has 3 aliphatic heterocycles. The molecule has 0 aromatic heterocycles. The Bertz CT molecular complexity index is 2180. The summed E-state index contributed by atoms with van der Waals surface area (Å²) in [6, 6.07) is -4.87. The second kappa shape index (κ2) is 24.7. The number of aliphatic hydroxyl groups is 4. The minimum atomic E-state index is -1.88. The number of carbonyl (C=O) groups excluding carboxylic acids is 6. The first-order valence-electron chi connectivity index (χ1n) is 27.3. The monoisotopic (exact) mass is 1130 g/mol. The molecule has 0 bridgehead atoms. The second-order valence-electron chi connectivity index (χ2n) is 27.1. The van der Waals surface area contributed by atoms with Gasteiger partial charge in [0.2, 0.25) is 5.91 Å². The summed E-state index contributed by atoms with van der Waals surface area (Å²) in [6.45, 7) is 27.3. The molecular formula is C54H93N7O18. The molecule has 3 heterocycles. The quantitative estimate of drug-likeness (QED) is 0.106. The number of amides is 6. The fourth-order valence-electron chi connectivity index (χ4n) is 9.98. The average Bonchev–Trinajstić information content (AvgIpc) is 4.01. The predicted molar refractivity (Wildman–Crippen MR) is 285 cm³/mol. The first kappa shape index (κ1) is 64.9. The Morgan fingerprint density at radius 3 is 1.80 bits per heavy atom. The van der Waals surface area contributed by atoms with Gasteiger partial charge in [0.05, 0.1) is 37.4 Å². The third-order valence-corrected chi connectivity index (χ3v) is 13.7. The molecule has 452 valence electrons. The van der Waals surface area contributed by atoms with Gasteiger partial charge in [0.15, 0.2) is 6.29 Å². The zero-order valence-electron chi connectivity index (χ0n) is 49.5. The van der Waals surface area contributed by atoms with Crippen LogP contribution in [0, 0.1) is 17.3 Å². The van der Waals surface area contributed by atoms with Crippen LogP contribution in [0.2, 0.25) is 0 Å². The molecule has 5 aliphatic rings. The number of alkyl carbamates (subject to hydrolysis) is 3. The Morgan fingerprint density at radius 2 is 1.27 bits per heavy atom. The number of likely N-dealkylation sites (tertiary alicyclic amines) is 1. The summed E-state index contributed by atoms with van der Waals surface area (Å²) in [6.07, 6.45) is -10.3. The highest BCUT2D eigenvalue weighted by atomic mass is 16.7. The smallest absolute Gasteiger partial charge is 0.410 e. The molecule has 0 aromatic carbocycles. The van der Waals surface area contributed by atoms with Crippen LogP contribution in [-0.2, 0) is 42.7 Å². The summed E-state index contributed by atoms with van der Waals surface area (Å²) in [4.78, 5) is 83.0. The van der Waals surface area contributed by atoms with E-state index in [0.29, 0.717) is 18.8 Å². The van der Waals surface area contributed by atoms with E-state index in [-0.39, 0.29) is 37.9 Å². The van der Waals surface area contributed by atoms with Crippen LogP contribution in [0.5, 0.6) is 0 Å². The maximum atomic E-state index is 14.3. The van der Waals surface area contributed by atoms with E-state index in [1.54, 1.807) is 110 Å². The Kier molecular flexibility index (Phi) is 20.3. The van der Waals surface area contributed by atoms with Gasteiger partial charge >= 0.3 is 30.5 Å². The summed E-state index contributed by atoms with van der Waals surface area (Å²) in [5, 5.41) is 63.2. The van der Waals surface area contributed by atoms with Crippen molar-refractivity contribution in [3.63, 3.8) is 0 Å². The summed E-state index contributed by atoms with van der Waals surface area (Å²) in [5.41, 5.74) is -6.48. The van der Waals surface area contributed by atoms with E-state index in [1.807, 2.05) is 0 Å². The molecule has 12 atom stereocenters. The van der Waals surface area contributed by atoms with Crippen LogP contribution in [0.15, 0.2) is 11.8 Å². The summed E-state index contributed by atoms with van der Waals surface area (Å²) in [5.74, 6) is -2.51. The fourth-order valence-corrected chi connectivity index (χ4v) is 9.98. The minimum absolute atomic E-state index is 0.0179. The molecule has 6 amide bonds. The summed E-state index contributed by atoms with van der Waals surface area (Å²) >= 11 is 0. The van der Waals surface area contributed by atoms with Gasteiger partial charge in [-0.2, -0.15) is 0 Å². The Hall–Kier alpha value is -4.92. The molecular weight excluding hydrogens is 1030 g/mol. The largest absolute Gasteiger partial charge is 0.491 e. The third-order valence-electron chi connectivity index (χ3n) is 13.7. The van der Waals surface area contributed by atoms with E-state index in [0.717, 1.165) is 17.7 Å². The number of likely N-dealkylation sites (N-methyl/N-ethyl adjacent to an activating group) is 1. The summed E-state index contributed by atoms with van der Waals surface area (Å²) < 4.78 is 47.2. The minimum Gasteiger partial charge on any atom is -0.491 e. The van der Waals surface area contributed by atoms with Crippen molar-refractivity contribution in [1.82, 2.24) is 36.4 Å². The lowest BCUT2D eigenvalue weighted by Gasteiger charge is -2.52. The highest BCUT2D eigenvalue weighted by molar-refractivity contribution is 5.82. The van der Waals surface area contributed by atoms with Gasteiger partial charge in [0, 0.05) is 56.5 Å². The Morgan fingerprint density at radius 1 is 0.734 bits per heavy atom. The highest BCUT2D eigenvalue weighted by Crippen LogP contribution is 2.45. The van der Waals surface area contributed by atoms with E-state index in [4.69, 9.17) is 37.9 Å². The SMILES string of the molecule is CN(C(=O)OC(C)(C)C)[C@@H]1[C@@H](O)[C@@H](O[C@@H]2[C@@H](O)[C@H](C3OC(CNCC4(CNC(=O)OC(C)(C)C)CC4)=CC[C@H]3NC(=O)OC(C)(C)C)[C@@H](NC(=O)OC(C)(C)C)C[C@H]2NC(=O)C(O)C2CN(C(=O)OC(C)(C)C)C2)OC[C@]1(C)O. The van der Waals surface area contributed by atoms with Gasteiger partial charge in [-0.1, -0.05) is 0 Å². The number of hydrogen-bond acceptors (Lipinski definition) is 19. The fraction of sp³-hybridized carbons (Fsp3) is 0.852. The van der Waals surface area contributed by atoms with Crippen molar-refractivity contribution in [2.45, 2.75) is 231 Å². The maximum Gasteiger partial charge on any atom is 0.410 e. The molecule has 4 fully saturated rings. The number of nitrogens with zero attached hydrogens (tertiary/aromatic N) is 2. The topological polar surface area (TPSA) is 324 Å². The van der Waals surface area contributed by atoms with Gasteiger partial charge in [0.1, 0.15) is 63.8 Å². The number of rotatable bonds is 15. The molecule has 2 unspecified atom stereocenters. The number of aliphatic hydroxyl groups excluding tert-OH is 3. The van der Waals surface area contributed by atoms with E-state index in [1.165, 1.54) is 18.9 Å². The van der Waals surface area contributed by atoms with Crippen LogP contribution in [0.25, 0.3) is 0 Å². The van der Waals surface area contributed by atoms with Gasteiger partial charge in [-0.3, -0.25) is 4.79 Å². The normalized spacial score (nSPS) is 29.7. The van der Waals surface area contributed by atoms with Crippen LogP contribution < -0.4 is 26.6 Å². The molecule has 5 rings (SSSR count). The van der Waals surface area contributed by atoms with Gasteiger partial charge < -0.3 is 94.7 Å². The van der Waals surface area contributed by atoms with E-state index in [2.05, 4.69) is 26.6 Å². The third kappa shape index (κ3) is 19.1. The zero-order valence-corrected chi connectivity index (χ0v) is 49.5. The van der Waals surface area contributed by atoms with Gasteiger partial charge in [-0.05, 0) is 143 Å². The van der Waals surface area contributed by atoms with Crippen molar-refractivity contribution >= 4 is 36.4 Å². The number of ether oxygens (including phenoxy) is 8. The molecule has 79 heavy (non-hydrogen) atoms. The zero-order chi connectivity index (χ0) is 59.6. The molecule has 0 radical (unpaired) electrons. The Labute approximate surface area is 465 Å². The van der Waals surface area contributed by atoms with E-state index >= 15 is 0 Å². The molecule has 9 N–H and O–H groups in total. The lowest BCUT2D eigenvalue weighted by atomic mass is 9.72. The van der Waals surface area contributed by atoms with Crippen LogP contribution in [0.1, 0.15) is 136 Å². The molecule has 0 aromatic rings. The number of carbonyl (C=O) groups is 6. The van der Waals surface area contributed by atoms with Gasteiger partial charge in [-0.15, -0.1) is 0 Å². The molecule has 25 heteroatoms. The second-order valence-corrected chi connectivity index (χ2v) is 27.1. The van der Waals surface area contributed by atoms with Crippen LogP contribution in [0.3, 0.4) is 0 Å². The van der Waals surface area contributed by atoms with Crippen LogP contribution in [0.4, 0.5) is 24.0 Å². The molecule has 2 saturated carbocycles. The number of hydrogen-bond donors (Lipinski definition) is 9. The molecule has 2 saturated heterocycles. The van der Waals surface area contributed by atoms with Crippen molar-refractivity contribution in [1.29, 1.82) is 0 Å². The van der Waals surface area contributed by atoms with Crippen molar-refractivity contribution < 1.29 is 87.1 Å². The standard InChI is InChI=1S/C54H93N7O18/c1-48(2,3)75-43(66)56-27-54(20-21-54)26-55-23-30-18-19-31(58-44(67)76-49(4,5)6)38(73-30)34-32(59-45(68)77-50(7,8)9)22-33(57-41(65)35(62)29-24-61(25-29)47(70)79-52(13,14)15)39(36(34)63)74-42-37(64)40(53(16,71)28-72-42)60(17)46(69)78-51(10,11)12/h18,29,31-40,42,55,62-64,71H,19-28H2,1-17H3,(H,56,66)(H,57,65)(H,58,67)(H,59,68)/t31-,32+,33-,34-,35?,36+,37-,38?,39+,40-,42-,53+/m1/s1. The number of nitrogens with one attached hydrogen (secondary N) is 5. The molecule has 2 aliphatic carbocycles. The average molecular weight is 1130 g/mol. The van der Waals surface area contributed by atoms with Gasteiger partial charge in [-0.25, -0.2) is 24.0 Å². The van der Waals surface area contributed by atoms with Crippen molar-refractivity contribution in [3.8, 4) is 0 Å². The lowest BCUT2D eigenvalue weighted by Crippen LogP contribution is -2.71. The van der Waals surface area contributed by atoms with Crippen molar-refractivity contribution in [2.24, 2.45) is 17.3 Å². The Balaban J connectivity index is 1.52. The van der Waals surface area contributed by atoms with E-state index in [9.17, 15) is 49.2 Å². The van der Waals surface area contributed by atoms with Gasteiger partial charge in [0.25, 0.3) is 0 Å². The maximum absolute atomic E-state index is 14.3. The highest BCUT2D eigenvalue weighted by Gasteiger charge is 2.57. The van der Waals surface area contributed by atoms with Crippen molar-refractivity contribution in [2.75, 3.05) is 46.4 Å². The molecule has 0 spiro atoms. The predicted octanol–water partition coefficient (Wildman–Crippen LogP) is 3.52.